The van der Waals surface area contributed by atoms with Gasteiger partial charge in [-0.15, -0.1) is 0 Å². The molecule has 0 aromatic carbocycles. The molecule has 0 saturated carbocycles. The number of nitriles is 1. The SMILES string of the molecule is CCCCCCC(=O)OC1C(CO)OC(C#N)(n2ccc(NO)nc2=O)C1O. The van der Waals surface area contributed by atoms with Crippen LogP contribution in [0.3, 0.4) is 0 Å². The van der Waals surface area contributed by atoms with Crippen molar-refractivity contribution in [1.82, 2.24) is 9.55 Å². The molecule has 1 aromatic rings. The van der Waals surface area contributed by atoms with E-state index in [0.29, 0.717) is 6.42 Å². The summed E-state index contributed by atoms with van der Waals surface area (Å²) < 4.78 is 11.4. The number of carbonyl (C=O) groups excluding carboxylic acids is 1. The lowest BCUT2D eigenvalue weighted by Crippen LogP contribution is -2.50. The minimum atomic E-state index is -2.25. The van der Waals surface area contributed by atoms with Crippen LogP contribution >= 0.6 is 0 Å². The Balaban J connectivity index is 2.23. The summed E-state index contributed by atoms with van der Waals surface area (Å²) in [5.41, 5.74) is -1.56. The summed E-state index contributed by atoms with van der Waals surface area (Å²) in [6.07, 6.45) is 0.367. The average Bonchev–Trinajstić information content (AvgIpc) is 2.97. The quantitative estimate of drug-likeness (QED) is 0.250. The predicted octanol–water partition coefficient (Wildman–Crippen LogP) is -0.145. The number of aromatic nitrogens is 2. The third kappa shape index (κ3) is 4.31. The number of nitrogens with one attached hydrogen (secondary N) is 1. The zero-order valence-electron chi connectivity index (χ0n) is 15.4. The molecule has 28 heavy (non-hydrogen) atoms. The van der Waals surface area contributed by atoms with Gasteiger partial charge in [0.05, 0.1) is 6.61 Å². The van der Waals surface area contributed by atoms with E-state index in [0.717, 1.165) is 30.0 Å². The second-order valence-corrected chi connectivity index (χ2v) is 6.43. The second kappa shape index (κ2) is 9.61. The Kier molecular flexibility index (Phi) is 7.47. The van der Waals surface area contributed by atoms with Crippen molar-refractivity contribution in [2.45, 2.75) is 63.1 Å². The van der Waals surface area contributed by atoms with Gasteiger partial charge in [0.1, 0.15) is 12.2 Å². The van der Waals surface area contributed by atoms with Gasteiger partial charge in [0.2, 0.25) is 0 Å². The third-order valence-electron chi connectivity index (χ3n) is 4.53. The van der Waals surface area contributed by atoms with Crippen molar-refractivity contribution in [2.24, 2.45) is 0 Å². The molecule has 11 nitrogen and oxygen atoms in total. The first-order valence-corrected chi connectivity index (χ1v) is 9.01. The van der Waals surface area contributed by atoms with Crippen molar-refractivity contribution in [3.05, 3.63) is 22.7 Å². The average molecular weight is 396 g/mol. The molecule has 1 aliphatic rings. The van der Waals surface area contributed by atoms with Crippen molar-refractivity contribution in [1.29, 1.82) is 5.26 Å². The van der Waals surface area contributed by atoms with Gasteiger partial charge in [-0.3, -0.25) is 20.0 Å². The van der Waals surface area contributed by atoms with Gasteiger partial charge in [0.15, 0.2) is 18.0 Å². The van der Waals surface area contributed by atoms with Crippen LogP contribution in [0.5, 0.6) is 0 Å². The van der Waals surface area contributed by atoms with Crippen LogP contribution in [-0.4, -0.2) is 55.9 Å². The second-order valence-electron chi connectivity index (χ2n) is 6.43. The lowest BCUT2D eigenvalue weighted by molar-refractivity contribution is -0.156. The third-order valence-corrected chi connectivity index (χ3v) is 4.53. The molecule has 1 aliphatic heterocycles. The Morgan fingerprint density at radius 3 is 2.82 bits per heavy atom. The van der Waals surface area contributed by atoms with Gasteiger partial charge >= 0.3 is 11.7 Å². The number of unbranched alkanes of at least 4 members (excludes halogenated alkanes) is 3. The van der Waals surface area contributed by atoms with Crippen molar-refractivity contribution in [2.75, 3.05) is 12.1 Å². The molecule has 11 heteroatoms. The van der Waals surface area contributed by atoms with Crippen LogP contribution in [0.4, 0.5) is 5.82 Å². The van der Waals surface area contributed by atoms with Crippen LogP contribution in [0.15, 0.2) is 17.1 Å². The first-order chi connectivity index (χ1) is 13.4. The van der Waals surface area contributed by atoms with Crippen molar-refractivity contribution < 1.29 is 29.7 Å². The Labute approximate surface area is 161 Å². The Hall–Kier alpha value is -2.52. The normalized spacial score (nSPS) is 26.6. The van der Waals surface area contributed by atoms with Crippen LogP contribution in [0, 0.1) is 11.3 Å². The molecule has 0 amide bonds. The lowest BCUT2D eigenvalue weighted by Gasteiger charge is -2.26. The van der Waals surface area contributed by atoms with E-state index in [9.17, 15) is 25.1 Å². The molecule has 1 saturated heterocycles. The molecule has 2 heterocycles. The highest BCUT2D eigenvalue weighted by molar-refractivity contribution is 5.69. The van der Waals surface area contributed by atoms with Crippen molar-refractivity contribution >= 4 is 11.8 Å². The molecule has 0 spiro atoms. The van der Waals surface area contributed by atoms with Gasteiger partial charge in [-0.05, 0) is 12.5 Å². The first kappa shape index (κ1) is 21.8. The number of aliphatic hydroxyl groups is 2. The smallest absolute Gasteiger partial charge is 0.352 e. The molecule has 154 valence electrons. The van der Waals surface area contributed by atoms with E-state index in [1.54, 1.807) is 11.5 Å². The number of hydrogen-bond donors (Lipinski definition) is 4. The topological polar surface area (TPSA) is 167 Å². The minimum Gasteiger partial charge on any atom is -0.456 e. The molecule has 0 bridgehead atoms. The number of carbonyl (C=O) groups is 1. The van der Waals surface area contributed by atoms with E-state index in [4.69, 9.17) is 14.7 Å². The molecule has 1 aromatic heterocycles. The number of anilines is 1. The zero-order valence-corrected chi connectivity index (χ0v) is 15.4. The predicted molar refractivity (Wildman–Crippen MR) is 94.1 cm³/mol. The Morgan fingerprint density at radius 1 is 1.50 bits per heavy atom. The maximum atomic E-state index is 12.2. The number of hydrogen-bond acceptors (Lipinski definition) is 10. The van der Waals surface area contributed by atoms with Gasteiger partial charge in [-0.1, -0.05) is 26.2 Å². The Bertz CT molecular complexity index is 778. The summed E-state index contributed by atoms with van der Waals surface area (Å²) in [5.74, 6) is -0.767. The number of aliphatic hydroxyl groups excluding tert-OH is 2. The first-order valence-electron chi connectivity index (χ1n) is 9.01. The summed E-state index contributed by atoms with van der Waals surface area (Å²) in [7, 11) is 0. The van der Waals surface area contributed by atoms with Gasteiger partial charge in [0, 0.05) is 12.6 Å². The summed E-state index contributed by atoms with van der Waals surface area (Å²) >= 11 is 0. The summed E-state index contributed by atoms with van der Waals surface area (Å²) in [4.78, 5) is 27.8. The minimum absolute atomic E-state index is 0.124. The molecule has 1 fully saturated rings. The van der Waals surface area contributed by atoms with Crippen LogP contribution in [0.2, 0.25) is 0 Å². The fourth-order valence-corrected chi connectivity index (χ4v) is 3.05. The van der Waals surface area contributed by atoms with Gasteiger partial charge < -0.3 is 19.7 Å². The largest absolute Gasteiger partial charge is 0.456 e. The number of ether oxygens (including phenoxy) is 2. The summed E-state index contributed by atoms with van der Waals surface area (Å²) in [6.45, 7) is 1.39. The van der Waals surface area contributed by atoms with Crippen molar-refractivity contribution in [3.63, 3.8) is 0 Å². The highest BCUT2D eigenvalue weighted by Gasteiger charge is 2.59. The number of rotatable bonds is 9. The molecule has 2 rings (SSSR count). The summed E-state index contributed by atoms with van der Waals surface area (Å²) in [5, 5.41) is 38.7. The summed E-state index contributed by atoms with van der Waals surface area (Å²) in [6, 6.07) is 2.89. The van der Waals surface area contributed by atoms with Crippen LogP contribution in [-0.2, 0) is 20.0 Å². The van der Waals surface area contributed by atoms with Gasteiger partial charge in [-0.25, -0.2) is 4.79 Å². The molecule has 4 unspecified atom stereocenters. The van der Waals surface area contributed by atoms with Crippen LogP contribution in [0.25, 0.3) is 0 Å². The van der Waals surface area contributed by atoms with E-state index in [-0.39, 0.29) is 12.2 Å². The molecular weight excluding hydrogens is 372 g/mol. The highest BCUT2D eigenvalue weighted by Crippen LogP contribution is 2.36. The highest BCUT2D eigenvalue weighted by atomic mass is 16.6. The fraction of sp³-hybridized carbons (Fsp3) is 0.647. The molecule has 0 aliphatic carbocycles. The van der Waals surface area contributed by atoms with Gasteiger partial charge in [0.25, 0.3) is 5.72 Å². The Morgan fingerprint density at radius 2 is 2.25 bits per heavy atom. The molecular formula is C17H24N4O7. The number of nitrogens with zero attached hydrogens (tertiary/aromatic N) is 3. The fourth-order valence-electron chi connectivity index (χ4n) is 3.05. The van der Waals surface area contributed by atoms with E-state index in [2.05, 4.69) is 4.98 Å². The molecule has 4 N–H and O–H groups in total. The standard InChI is InChI=1S/C17H24N4O7/c1-2-3-4-5-6-13(23)27-14-11(9-22)28-17(10-18,15(14)24)21-8-7-12(20-26)19-16(21)25/h7-8,11,14-15,22,24,26H,2-6,9H2,1H3,(H,19,20,25). The van der Waals surface area contributed by atoms with Crippen molar-refractivity contribution in [3.8, 4) is 6.07 Å². The lowest BCUT2D eigenvalue weighted by atomic mass is 10.0. The van der Waals surface area contributed by atoms with Gasteiger partial charge in [-0.2, -0.15) is 10.2 Å². The number of esters is 1. The maximum Gasteiger partial charge on any atom is 0.352 e. The van der Waals surface area contributed by atoms with E-state index in [1.165, 1.54) is 6.07 Å². The van der Waals surface area contributed by atoms with Crippen LogP contribution < -0.4 is 11.2 Å². The van der Waals surface area contributed by atoms with Crippen LogP contribution in [0.1, 0.15) is 39.0 Å². The van der Waals surface area contributed by atoms with E-state index in [1.807, 2.05) is 6.92 Å². The van der Waals surface area contributed by atoms with E-state index < -0.39 is 42.3 Å². The van der Waals surface area contributed by atoms with E-state index >= 15 is 0 Å². The zero-order chi connectivity index (χ0) is 20.7. The maximum absolute atomic E-state index is 12.2. The monoisotopic (exact) mass is 396 g/mol. The molecule has 0 radical (unpaired) electrons. The molecule has 4 atom stereocenters.